The highest BCUT2D eigenvalue weighted by atomic mass is 28.4. The van der Waals surface area contributed by atoms with Crippen molar-refractivity contribution >= 4 is 73.3 Å². The Morgan fingerprint density at radius 2 is 0.615 bits per heavy atom. The van der Waals surface area contributed by atoms with Crippen LogP contribution in [0, 0.1) is 0 Å². The van der Waals surface area contributed by atoms with E-state index >= 15 is 0 Å². The van der Waals surface area contributed by atoms with E-state index < -0.39 is 27.9 Å². The molecule has 0 saturated heterocycles. The summed E-state index contributed by atoms with van der Waals surface area (Å²) in [6.07, 6.45) is 0. The van der Waals surface area contributed by atoms with E-state index in [-0.39, 0.29) is 19.5 Å². The maximum absolute atomic E-state index is 6.86. The van der Waals surface area contributed by atoms with Crippen LogP contribution in [0.3, 0.4) is 0 Å². The smallest absolute Gasteiger partial charge is 0.405 e. The van der Waals surface area contributed by atoms with Crippen molar-refractivity contribution in [2.45, 2.75) is 0 Å². The first-order chi connectivity index (χ1) is 19.3. The quantitative estimate of drug-likeness (QED) is 0.197. The minimum Gasteiger partial charge on any atom is -0.428 e. The third kappa shape index (κ3) is 8.50. The van der Waals surface area contributed by atoms with Gasteiger partial charge >= 0.3 is 27.9 Å². The highest BCUT2D eigenvalue weighted by Gasteiger charge is 2.34. The second kappa shape index (κ2) is 15.0. The Kier molecular flexibility index (Phi) is 10.6. The molecule has 9 heteroatoms. The van der Waals surface area contributed by atoms with Crippen molar-refractivity contribution < 1.29 is 16.5 Å². The van der Waals surface area contributed by atoms with Crippen LogP contribution in [0.4, 0.5) is 0 Å². The van der Waals surface area contributed by atoms with Gasteiger partial charge in [0.15, 0.2) is 0 Å². The molecular formula is C30H25O4Si5. The van der Waals surface area contributed by atoms with Gasteiger partial charge in [-0.1, -0.05) is 152 Å². The summed E-state index contributed by atoms with van der Waals surface area (Å²) in [5.41, 5.74) is 0. The van der Waals surface area contributed by atoms with Gasteiger partial charge in [0, 0.05) is 0 Å². The van der Waals surface area contributed by atoms with Crippen molar-refractivity contribution in [1.82, 2.24) is 0 Å². The second-order valence-corrected chi connectivity index (χ2v) is 16.6. The fourth-order valence-electron chi connectivity index (χ4n) is 3.53. The van der Waals surface area contributed by atoms with Gasteiger partial charge in [-0.15, -0.1) is 0 Å². The lowest BCUT2D eigenvalue weighted by molar-refractivity contribution is 0.373. The lowest BCUT2D eigenvalue weighted by atomic mass is 10.4. The van der Waals surface area contributed by atoms with Gasteiger partial charge in [-0.3, -0.25) is 0 Å². The molecule has 5 aromatic carbocycles. The summed E-state index contributed by atoms with van der Waals surface area (Å²) in [5, 5.41) is 5.39. The zero-order chi connectivity index (χ0) is 26.5. The van der Waals surface area contributed by atoms with Gasteiger partial charge in [0.05, 0.1) is 0 Å². The third-order valence-electron chi connectivity index (χ3n) is 5.47. The molecule has 0 fully saturated rings. The molecule has 7 radical (unpaired) electrons. The van der Waals surface area contributed by atoms with Crippen LogP contribution in [0.25, 0.3) is 0 Å². The van der Waals surface area contributed by atoms with E-state index in [1.54, 1.807) is 0 Å². The fraction of sp³-hybridized carbons (Fsp3) is 0. The van der Waals surface area contributed by atoms with E-state index in [1.165, 1.54) is 0 Å². The molecule has 39 heavy (non-hydrogen) atoms. The van der Waals surface area contributed by atoms with Crippen LogP contribution in [0.1, 0.15) is 0 Å². The van der Waals surface area contributed by atoms with Crippen molar-refractivity contribution in [1.29, 1.82) is 0 Å². The molecule has 189 valence electrons. The fourth-order valence-corrected chi connectivity index (χ4v) is 13.1. The maximum atomic E-state index is 6.86. The summed E-state index contributed by atoms with van der Waals surface area (Å²) in [7, 11) is -5.34. The Labute approximate surface area is 240 Å². The molecule has 0 saturated carbocycles. The first-order valence-corrected chi connectivity index (χ1v) is 18.2. The SMILES string of the molecule is c1ccc([Si]O[Si](O[Si](O[Si](O[Si]c2ccccc2)c2ccccc2)c2ccccc2)c2ccccc2)cc1. The van der Waals surface area contributed by atoms with E-state index in [2.05, 4.69) is 60.7 Å². The summed E-state index contributed by atoms with van der Waals surface area (Å²) in [4.78, 5) is 0. The van der Waals surface area contributed by atoms with Crippen molar-refractivity contribution in [3.8, 4) is 0 Å². The Morgan fingerprint density at radius 1 is 0.333 bits per heavy atom. The van der Waals surface area contributed by atoms with Crippen molar-refractivity contribution in [2.24, 2.45) is 0 Å². The maximum Gasteiger partial charge on any atom is 0.405 e. The molecule has 0 aromatic heterocycles. The molecule has 0 spiro atoms. The topological polar surface area (TPSA) is 36.9 Å². The molecule has 0 aliphatic heterocycles. The second-order valence-electron chi connectivity index (χ2n) is 8.30. The predicted octanol–water partition coefficient (Wildman–Crippen LogP) is 2.13. The Bertz CT molecular complexity index is 1280. The summed E-state index contributed by atoms with van der Waals surface area (Å²) in [6, 6.07) is 51.1. The highest BCUT2D eigenvalue weighted by molar-refractivity contribution is 6.82. The van der Waals surface area contributed by atoms with Crippen molar-refractivity contribution in [3.05, 3.63) is 152 Å². The van der Waals surface area contributed by atoms with E-state index in [1.807, 2.05) is 91.0 Å². The monoisotopic (exact) mass is 589 g/mol. The summed E-state index contributed by atoms with van der Waals surface area (Å²) in [6.45, 7) is 0. The van der Waals surface area contributed by atoms with Crippen LogP contribution in [-0.4, -0.2) is 47.4 Å². The average molecular weight is 590 g/mol. The lowest BCUT2D eigenvalue weighted by Gasteiger charge is -2.25. The number of benzene rings is 5. The van der Waals surface area contributed by atoms with Gasteiger partial charge in [0.1, 0.15) is 0 Å². The standard InChI is InChI=1S/C30H25O4Si5/c1-6-16-26(17-7-1)35-31-37(28-20-10-3-11-21-28)33-39(30-24-14-5-15-25-30)34-38(29-22-12-4-13-23-29)32-36-27-18-8-2-9-19-27/h1-25H. The Morgan fingerprint density at radius 3 is 0.949 bits per heavy atom. The van der Waals surface area contributed by atoms with Gasteiger partial charge in [-0.25, -0.2) is 0 Å². The Balaban J connectivity index is 1.41. The molecule has 0 bridgehead atoms. The van der Waals surface area contributed by atoms with E-state index in [0.717, 1.165) is 25.9 Å². The molecule has 0 unspecified atom stereocenters. The number of hydrogen-bond donors (Lipinski definition) is 0. The summed E-state index contributed by atoms with van der Waals surface area (Å²) < 4.78 is 26.7. The minimum absolute atomic E-state index is 0.177. The summed E-state index contributed by atoms with van der Waals surface area (Å²) in [5.74, 6) is 0. The van der Waals surface area contributed by atoms with Gasteiger partial charge in [-0.05, 0) is 25.9 Å². The molecule has 0 heterocycles. The van der Waals surface area contributed by atoms with Gasteiger partial charge in [0.25, 0.3) is 19.5 Å². The molecular weight excluding hydrogens is 565 g/mol. The molecule has 0 atom stereocenters. The van der Waals surface area contributed by atoms with Crippen LogP contribution in [0.2, 0.25) is 0 Å². The molecule has 5 aromatic rings. The molecule has 0 N–H and O–H groups in total. The van der Waals surface area contributed by atoms with Gasteiger partial charge < -0.3 is 16.5 Å². The molecule has 0 aliphatic rings. The van der Waals surface area contributed by atoms with Crippen LogP contribution < -0.4 is 25.9 Å². The first-order valence-electron chi connectivity index (χ1n) is 12.4. The highest BCUT2D eigenvalue weighted by Crippen LogP contribution is 2.04. The Hall–Kier alpha value is -2.98. The van der Waals surface area contributed by atoms with E-state index in [0.29, 0.717) is 0 Å². The normalized spacial score (nSPS) is 11.4. The third-order valence-corrected chi connectivity index (χ3v) is 14.3. The predicted molar refractivity (Wildman–Crippen MR) is 163 cm³/mol. The number of hydrogen-bond acceptors (Lipinski definition) is 4. The zero-order valence-electron chi connectivity index (χ0n) is 21.1. The van der Waals surface area contributed by atoms with Crippen LogP contribution in [0.5, 0.6) is 0 Å². The minimum atomic E-state index is -1.97. The zero-order valence-corrected chi connectivity index (χ0v) is 26.1. The van der Waals surface area contributed by atoms with Gasteiger partial charge in [-0.2, -0.15) is 0 Å². The van der Waals surface area contributed by atoms with E-state index in [9.17, 15) is 0 Å². The largest absolute Gasteiger partial charge is 0.428 e. The lowest BCUT2D eigenvalue weighted by Crippen LogP contribution is -2.54. The average Bonchev–Trinajstić information content (AvgIpc) is 3.02. The van der Waals surface area contributed by atoms with Crippen molar-refractivity contribution in [2.75, 3.05) is 0 Å². The molecule has 5 rings (SSSR count). The van der Waals surface area contributed by atoms with Crippen LogP contribution in [-0.2, 0) is 16.5 Å². The number of rotatable bonds is 13. The van der Waals surface area contributed by atoms with Crippen LogP contribution in [0.15, 0.2) is 152 Å². The van der Waals surface area contributed by atoms with Crippen molar-refractivity contribution in [3.63, 3.8) is 0 Å². The molecule has 0 amide bonds. The molecule has 4 nitrogen and oxygen atoms in total. The van der Waals surface area contributed by atoms with E-state index in [4.69, 9.17) is 16.5 Å². The van der Waals surface area contributed by atoms with Gasteiger partial charge in [0.2, 0.25) is 0 Å². The molecule has 0 aliphatic carbocycles. The summed E-state index contributed by atoms with van der Waals surface area (Å²) >= 11 is 0. The first kappa shape index (κ1) is 27.6. The van der Waals surface area contributed by atoms with Crippen LogP contribution >= 0.6 is 0 Å².